The number of nitrogens with one attached hydrogen (secondary N) is 1. The number of hydrogen-bond acceptors (Lipinski definition) is 18. The highest BCUT2D eigenvalue weighted by Crippen LogP contribution is 2.33. The second-order valence-corrected chi connectivity index (χ2v) is 20.4. The first-order valence-electron chi connectivity index (χ1n) is 28.8. The van der Waals surface area contributed by atoms with E-state index in [4.69, 9.17) is 28.4 Å². The number of aliphatic hydroxyl groups is 11. The van der Waals surface area contributed by atoms with Crippen molar-refractivity contribution < 1.29 is 89.4 Å². The van der Waals surface area contributed by atoms with Crippen molar-refractivity contribution in [2.45, 2.75) is 253 Å². The van der Waals surface area contributed by atoms with Gasteiger partial charge in [0.1, 0.15) is 73.2 Å². The fourth-order valence-corrected chi connectivity index (χ4v) is 9.18. The number of amides is 1. The molecular formula is C59H99NO18. The van der Waals surface area contributed by atoms with Crippen LogP contribution >= 0.6 is 0 Å². The number of unbranched alkanes of at least 4 members (excludes halogenated alkanes) is 12. The van der Waals surface area contributed by atoms with E-state index in [1.165, 1.54) is 57.8 Å². The van der Waals surface area contributed by atoms with Gasteiger partial charge in [0, 0.05) is 6.42 Å². The van der Waals surface area contributed by atoms with Gasteiger partial charge in [-0.25, -0.2) is 0 Å². The highest BCUT2D eigenvalue weighted by Gasteiger charge is 2.53. The minimum Gasteiger partial charge on any atom is -0.394 e. The maximum Gasteiger partial charge on any atom is 0.220 e. The summed E-state index contributed by atoms with van der Waals surface area (Å²) in [6, 6.07) is -1.02. The molecule has 3 aliphatic rings. The number of allylic oxidation sites excluding steroid dienone is 13. The second-order valence-electron chi connectivity index (χ2n) is 20.4. The Morgan fingerprint density at radius 3 is 1.44 bits per heavy atom. The summed E-state index contributed by atoms with van der Waals surface area (Å²) >= 11 is 0. The minimum atomic E-state index is -1.99. The van der Waals surface area contributed by atoms with Gasteiger partial charge in [0.2, 0.25) is 5.91 Å². The van der Waals surface area contributed by atoms with Gasteiger partial charge in [-0.15, -0.1) is 0 Å². The summed E-state index contributed by atoms with van der Waals surface area (Å²) in [5.74, 6) is -0.347. The predicted octanol–water partition coefficient (Wildman–Crippen LogP) is 4.42. The Morgan fingerprint density at radius 1 is 0.474 bits per heavy atom. The molecule has 0 aliphatic carbocycles. The maximum atomic E-state index is 13.3. The van der Waals surface area contributed by atoms with Crippen molar-refractivity contribution in [2.75, 3.05) is 26.4 Å². The average molecular weight is 1110 g/mol. The van der Waals surface area contributed by atoms with E-state index >= 15 is 0 Å². The summed E-state index contributed by atoms with van der Waals surface area (Å²) in [5.41, 5.74) is 0. The monoisotopic (exact) mass is 1110 g/mol. The number of aliphatic hydroxyl groups excluding tert-OH is 11. The van der Waals surface area contributed by atoms with Crippen LogP contribution in [0.5, 0.6) is 0 Å². The van der Waals surface area contributed by atoms with Crippen molar-refractivity contribution in [3.63, 3.8) is 0 Å². The number of carbonyl (C=O) groups excluding carboxylic acids is 1. The fraction of sp³-hybridized carbons (Fsp3) is 0.746. The summed E-state index contributed by atoms with van der Waals surface area (Å²) in [7, 11) is 0. The van der Waals surface area contributed by atoms with E-state index in [0.717, 1.165) is 51.4 Å². The van der Waals surface area contributed by atoms with Crippen molar-refractivity contribution in [1.82, 2.24) is 5.32 Å². The van der Waals surface area contributed by atoms with E-state index in [1.807, 2.05) is 18.2 Å². The van der Waals surface area contributed by atoms with Gasteiger partial charge in [0.25, 0.3) is 0 Å². The molecule has 12 N–H and O–H groups in total. The van der Waals surface area contributed by atoms with Crippen LogP contribution in [-0.4, -0.2) is 193 Å². The first-order valence-corrected chi connectivity index (χ1v) is 28.8. The predicted molar refractivity (Wildman–Crippen MR) is 295 cm³/mol. The Bertz CT molecular complexity index is 1750. The molecule has 0 aromatic rings. The second kappa shape index (κ2) is 41.9. The fourth-order valence-electron chi connectivity index (χ4n) is 9.18. The van der Waals surface area contributed by atoms with Gasteiger partial charge in [-0.3, -0.25) is 4.79 Å². The zero-order valence-corrected chi connectivity index (χ0v) is 46.4. The summed E-state index contributed by atoms with van der Waals surface area (Å²) in [4.78, 5) is 13.3. The molecule has 78 heavy (non-hydrogen) atoms. The normalized spacial score (nSPS) is 31.1. The molecule has 19 heteroatoms. The van der Waals surface area contributed by atoms with E-state index in [9.17, 15) is 61.0 Å². The molecule has 0 saturated carbocycles. The molecule has 3 rings (SSSR count). The lowest BCUT2D eigenvalue weighted by Crippen LogP contribution is -2.66. The lowest BCUT2D eigenvalue weighted by atomic mass is 9.96. The summed E-state index contributed by atoms with van der Waals surface area (Å²) in [5, 5.41) is 120. The van der Waals surface area contributed by atoms with Gasteiger partial charge in [-0.05, 0) is 70.6 Å². The SMILES string of the molecule is CC/C=C\C/C=C\C/C=C\C/C=C\C/C=C\CCCC(=O)NC(COC1OC(CO)C(OC2OC(CO)C(OC3OC(CO)C(O)C(O)C3O)C(O)C2O)C(O)C1O)C(O)/C=C/CC/C=C/CCCCCCCCCCCC. The molecule has 3 aliphatic heterocycles. The van der Waals surface area contributed by atoms with E-state index in [0.29, 0.717) is 19.3 Å². The van der Waals surface area contributed by atoms with Crippen molar-refractivity contribution >= 4 is 5.91 Å². The van der Waals surface area contributed by atoms with E-state index in [1.54, 1.807) is 6.08 Å². The molecular weight excluding hydrogens is 1010 g/mol. The van der Waals surface area contributed by atoms with Crippen LogP contribution in [0.4, 0.5) is 0 Å². The summed E-state index contributed by atoms with van der Waals surface area (Å²) in [6.45, 7) is 1.51. The molecule has 17 atom stereocenters. The standard InChI is InChI=1S/C59H99NO18/c1-3-5-7-9-11-13-15-17-19-21-23-25-27-29-31-33-35-37-47(65)60-42(43(64)36-34-32-30-28-26-24-22-20-18-16-14-12-10-8-6-4-2)41-73-57-53(71)50(68)55(45(39-62)75-57)78-59-54(72)51(69)56(46(40-63)76-59)77-58-52(70)49(67)48(66)44(38-61)74-58/h5,7,11,13,17,19,23,25-26,28-29,31,34,36,42-46,48-59,61-64,66-72H,3-4,6,8-10,12,14-16,18,20-22,24,27,30,32-33,35,37-41H2,1-2H3,(H,60,65)/b7-5-,13-11-,19-17-,25-23-,28-26+,31-29-,36-34+. The van der Waals surface area contributed by atoms with Crippen LogP contribution < -0.4 is 5.32 Å². The minimum absolute atomic E-state index is 0.152. The van der Waals surface area contributed by atoms with Crippen molar-refractivity contribution in [3.05, 3.63) is 85.1 Å². The lowest BCUT2D eigenvalue weighted by Gasteiger charge is -2.48. The lowest BCUT2D eigenvalue weighted by molar-refractivity contribution is -0.379. The van der Waals surface area contributed by atoms with Gasteiger partial charge in [0.05, 0.1) is 38.6 Å². The van der Waals surface area contributed by atoms with Crippen LogP contribution in [-0.2, 0) is 33.2 Å². The number of rotatable bonds is 40. The number of hydrogen-bond donors (Lipinski definition) is 12. The smallest absolute Gasteiger partial charge is 0.220 e. The van der Waals surface area contributed by atoms with Gasteiger partial charge >= 0.3 is 0 Å². The third-order valence-corrected chi connectivity index (χ3v) is 13.9. The Labute approximate surface area is 463 Å². The number of carbonyl (C=O) groups is 1. The van der Waals surface area contributed by atoms with Crippen molar-refractivity contribution in [1.29, 1.82) is 0 Å². The van der Waals surface area contributed by atoms with Crippen molar-refractivity contribution in [3.8, 4) is 0 Å². The Hall–Kier alpha value is -3.03. The van der Waals surface area contributed by atoms with E-state index < -0.39 is 131 Å². The van der Waals surface area contributed by atoms with Crippen LogP contribution in [0.2, 0.25) is 0 Å². The Morgan fingerprint density at radius 2 is 0.897 bits per heavy atom. The highest BCUT2D eigenvalue weighted by molar-refractivity contribution is 5.76. The first kappa shape index (κ1) is 69.2. The van der Waals surface area contributed by atoms with E-state index in [2.05, 4.69) is 79.9 Å². The largest absolute Gasteiger partial charge is 0.394 e. The topological polar surface area (TPSA) is 307 Å². The van der Waals surface area contributed by atoms with Crippen LogP contribution in [0.3, 0.4) is 0 Å². The highest BCUT2D eigenvalue weighted by atomic mass is 16.8. The molecule has 17 unspecified atom stereocenters. The van der Waals surface area contributed by atoms with Crippen LogP contribution in [0.15, 0.2) is 85.1 Å². The zero-order valence-electron chi connectivity index (χ0n) is 46.4. The van der Waals surface area contributed by atoms with Crippen LogP contribution in [0.1, 0.15) is 149 Å². The van der Waals surface area contributed by atoms with Gasteiger partial charge in [-0.1, -0.05) is 157 Å². The molecule has 0 spiro atoms. The van der Waals surface area contributed by atoms with Gasteiger partial charge < -0.3 is 89.9 Å². The third-order valence-electron chi connectivity index (χ3n) is 13.9. The summed E-state index contributed by atoms with van der Waals surface area (Å²) in [6.07, 6.45) is 22.9. The number of ether oxygens (including phenoxy) is 6. The van der Waals surface area contributed by atoms with E-state index in [-0.39, 0.29) is 12.3 Å². The molecule has 0 bridgehead atoms. The molecule has 0 aromatic heterocycles. The molecule has 0 aromatic carbocycles. The first-order chi connectivity index (χ1) is 37.8. The molecule has 3 heterocycles. The Kier molecular flexibility index (Phi) is 37.2. The molecule has 448 valence electrons. The molecule has 3 saturated heterocycles. The zero-order chi connectivity index (χ0) is 56.9. The summed E-state index contributed by atoms with van der Waals surface area (Å²) < 4.78 is 34.1. The molecule has 3 fully saturated rings. The quantitative estimate of drug-likeness (QED) is 0.0299. The molecule has 1 amide bonds. The van der Waals surface area contributed by atoms with Gasteiger partial charge in [-0.2, -0.15) is 0 Å². The molecule has 19 nitrogen and oxygen atoms in total. The average Bonchev–Trinajstić information content (AvgIpc) is 3.45. The third kappa shape index (κ3) is 25.8. The van der Waals surface area contributed by atoms with Crippen LogP contribution in [0.25, 0.3) is 0 Å². The molecule has 0 radical (unpaired) electrons. The Balaban J connectivity index is 1.56. The maximum absolute atomic E-state index is 13.3. The van der Waals surface area contributed by atoms with Crippen LogP contribution in [0, 0.1) is 0 Å². The van der Waals surface area contributed by atoms with Gasteiger partial charge in [0.15, 0.2) is 18.9 Å². The van der Waals surface area contributed by atoms with Crippen molar-refractivity contribution in [2.24, 2.45) is 0 Å².